The number of carboxylic acid groups (broad SMARTS) is 1. The number of aryl methyl sites for hydroxylation is 1. The standard InChI is InChI=1S/C17H13F2NO2/c18-11-3-1-10(2-4-11)17-13(6-8-16(21)22)14-9-12(19)5-7-15(14)20-17/h1-5,7,9,20H,6,8H2,(H,21,22)/p-1. The maximum atomic E-state index is 13.5. The third-order valence-electron chi connectivity index (χ3n) is 3.58. The second-order valence-electron chi connectivity index (χ2n) is 5.05. The molecule has 0 fully saturated rings. The first-order valence-corrected chi connectivity index (χ1v) is 6.80. The summed E-state index contributed by atoms with van der Waals surface area (Å²) >= 11 is 0. The lowest BCUT2D eigenvalue weighted by Gasteiger charge is -2.06. The van der Waals surface area contributed by atoms with Crippen molar-refractivity contribution in [2.75, 3.05) is 0 Å². The van der Waals surface area contributed by atoms with Gasteiger partial charge in [-0.3, -0.25) is 0 Å². The summed E-state index contributed by atoms with van der Waals surface area (Å²) in [6.07, 6.45) is 0.0379. The van der Waals surface area contributed by atoms with Crippen LogP contribution in [0.25, 0.3) is 22.2 Å². The first kappa shape index (κ1) is 14.3. The number of carboxylic acids is 1. The van der Waals surface area contributed by atoms with Gasteiger partial charge in [0.2, 0.25) is 0 Å². The number of carbonyl (C=O) groups is 1. The zero-order valence-corrected chi connectivity index (χ0v) is 11.5. The lowest BCUT2D eigenvalue weighted by atomic mass is 10.0. The second kappa shape index (κ2) is 5.60. The molecular formula is C17H12F2NO2-. The van der Waals surface area contributed by atoms with Crippen molar-refractivity contribution in [3.8, 4) is 11.3 Å². The number of hydrogen-bond acceptors (Lipinski definition) is 2. The highest BCUT2D eigenvalue weighted by atomic mass is 19.1. The van der Waals surface area contributed by atoms with Crippen molar-refractivity contribution in [1.29, 1.82) is 0 Å². The molecule has 2 aromatic carbocycles. The van der Waals surface area contributed by atoms with Crippen molar-refractivity contribution in [1.82, 2.24) is 4.98 Å². The Hall–Kier alpha value is -2.69. The zero-order chi connectivity index (χ0) is 15.7. The molecule has 112 valence electrons. The Balaban J connectivity index is 2.16. The van der Waals surface area contributed by atoms with Gasteiger partial charge in [-0.25, -0.2) is 8.78 Å². The van der Waals surface area contributed by atoms with Crippen LogP contribution in [0, 0.1) is 11.6 Å². The minimum atomic E-state index is -1.17. The zero-order valence-electron chi connectivity index (χ0n) is 11.5. The van der Waals surface area contributed by atoms with E-state index in [0.29, 0.717) is 27.7 Å². The molecule has 0 saturated carbocycles. The van der Waals surface area contributed by atoms with Gasteiger partial charge in [0.05, 0.1) is 0 Å². The van der Waals surface area contributed by atoms with Crippen LogP contribution in [-0.2, 0) is 11.2 Å². The van der Waals surface area contributed by atoms with E-state index in [1.165, 1.54) is 24.3 Å². The van der Waals surface area contributed by atoms with Crippen LogP contribution in [0.15, 0.2) is 42.5 Å². The lowest BCUT2D eigenvalue weighted by molar-refractivity contribution is -0.305. The van der Waals surface area contributed by atoms with Crippen LogP contribution in [0.5, 0.6) is 0 Å². The number of hydrogen-bond donors (Lipinski definition) is 1. The molecule has 3 nitrogen and oxygen atoms in total. The number of rotatable bonds is 4. The summed E-state index contributed by atoms with van der Waals surface area (Å²) in [5.41, 5.74) is 2.77. The maximum Gasteiger partial charge on any atom is 0.123 e. The highest BCUT2D eigenvalue weighted by Crippen LogP contribution is 2.31. The third-order valence-corrected chi connectivity index (χ3v) is 3.58. The predicted octanol–water partition coefficient (Wildman–Crippen LogP) is 2.80. The van der Waals surface area contributed by atoms with Gasteiger partial charge in [0.1, 0.15) is 11.6 Å². The number of carbonyl (C=O) groups excluding carboxylic acids is 1. The van der Waals surface area contributed by atoms with E-state index in [0.717, 1.165) is 0 Å². The molecule has 5 heteroatoms. The molecule has 0 bridgehead atoms. The minimum absolute atomic E-state index is 0.169. The highest BCUT2D eigenvalue weighted by molar-refractivity contribution is 5.91. The van der Waals surface area contributed by atoms with Crippen LogP contribution in [0.3, 0.4) is 0 Å². The van der Waals surface area contributed by atoms with Gasteiger partial charge in [-0.05, 0) is 66.4 Å². The molecule has 3 aromatic rings. The smallest absolute Gasteiger partial charge is 0.123 e. The number of aliphatic carboxylic acids is 1. The molecule has 0 aliphatic heterocycles. The number of nitrogens with one attached hydrogen (secondary N) is 1. The average Bonchev–Trinajstić information content (AvgIpc) is 2.83. The average molecular weight is 300 g/mol. The van der Waals surface area contributed by atoms with Gasteiger partial charge in [0.15, 0.2) is 0 Å². The van der Waals surface area contributed by atoms with Crippen molar-refractivity contribution < 1.29 is 18.7 Å². The van der Waals surface area contributed by atoms with Crippen LogP contribution in [0.2, 0.25) is 0 Å². The number of fused-ring (bicyclic) bond motifs is 1. The van der Waals surface area contributed by atoms with Crippen LogP contribution >= 0.6 is 0 Å². The molecular weight excluding hydrogens is 288 g/mol. The molecule has 22 heavy (non-hydrogen) atoms. The van der Waals surface area contributed by atoms with Crippen LogP contribution in [-0.4, -0.2) is 11.0 Å². The summed E-state index contributed by atoms with van der Waals surface area (Å²) in [5, 5.41) is 11.4. The van der Waals surface area contributed by atoms with E-state index < -0.39 is 11.8 Å². The van der Waals surface area contributed by atoms with Crippen molar-refractivity contribution in [3.05, 3.63) is 59.7 Å². The molecule has 0 amide bonds. The maximum absolute atomic E-state index is 13.5. The van der Waals surface area contributed by atoms with E-state index in [2.05, 4.69) is 4.98 Å². The van der Waals surface area contributed by atoms with Crippen LogP contribution in [0.4, 0.5) is 8.78 Å². The van der Waals surface area contributed by atoms with E-state index >= 15 is 0 Å². The fourth-order valence-corrected chi connectivity index (χ4v) is 2.57. The topological polar surface area (TPSA) is 55.9 Å². The Morgan fingerprint density at radius 2 is 1.73 bits per heavy atom. The van der Waals surface area contributed by atoms with Crippen molar-refractivity contribution >= 4 is 16.9 Å². The summed E-state index contributed by atoms with van der Waals surface area (Å²) in [6, 6.07) is 10.1. The normalized spacial score (nSPS) is 11.0. The van der Waals surface area contributed by atoms with E-state index in [1.54, 1.807) is 18.2 Å². The summed E-state index contributed by atoms with van der Waals surface area (Å²) in [5.74, 6) is -1.93. The monoisotopic (exact) mass is 300 g/mol. The number of aromatic amines is 1. The molecule has 3 rings (SSSR count). The van der Waals surface area contributed by atoms with Crippen molar-refractivity contribution in [2.45, 2.75) is 12.8 Å². The van der Waals surface area contributed by atoms with Crippen LogP contribution in [0.1, 0.15) is 12.0 Å². The Morgan fingerprint density at radius 3 is 2.41 bits per heavy atom. The molecule has 0 aliphatic rings. The largest absolute Gasteiger partial charge is 0.550 e. The van der Waals surface area contributed by atoms with Gasteiger partial charge in [-0.2, -0.15) is 0 Å². The van der Waals surface area contributed by atoms with Crippen molar-refractivity contribution in [2.24, 2.45) is 0 Å². The van der Waals surface area contributed by atoms with Crippen molar-refractivity contribution in [3.63, 3.8) is 0 Å². The van der Waals surface area contributed by atoms with Gasteiger partial charge in [0, 0.05) is 22.6 Å². The number of halogens is 2. The number of aromatic nitrogens is 1. The molecule has 1 N–H and O–H groups in total. The van der Waals surface area contributed by atoms with E-state index in [1.807, 2.05) is 0 Å². The summed E-state index contributed by atoms with van der Waals surface area (Å²) in [7, 11) is 0. The van der Waals surface area contributed by atoms with Gasteiger partial charge in [0.25, 0.3) is 0 Å². The number of H-pyrrole nitrogens is 1. The molecule has 0 spiro atoms. The molecule has 0 unspecified atom stereocenters. The number of benzene rings is 2. The van der Waals surface area contributed by atoms with Gasteiger partial charge in [-0.1, -0.05) is 0 Å². The van der Waals surface area contributed by atoms with E-state index in [4.69, 9.17) is 0 Å². The Labute approximate surface area is 125 Å². The van der Waals surface area contributed by atoms with E-state index in [9.17, 15) is 18.7 Å². The molecule has 0 aliphatic carbocycles. The van der Waals surface area contributed by atoms with Gasteiger partial charge < -0.3 is 14.9 Å². The van der Waals surface area contributed by atoms with Gasteiger partial charge in [-0.15, -0.1) is 0 Å². The first-order valence-electron chi connectivity index (χ1n) is 6.80. The summed E-state index contributed by atoms with van der Waals surface area (Å²) in [6.45, 7) is 0. The Bertz CT molecular complexity index is 838. The second-order valence-corrected chi connectivity index (χ2v) is 5.05. The first-order chi connectivity index (χ1) is 10.5. The third kappa shape index (κ3) is 2.70. The van der Waals surface area contributed by atoms with E-state index in [-0.39, 0.29) is 18.7 Å². The fourth-order valence-electron chi connectivity index (χ4n) is 2.57. The SMILES string of the molecule is O=C([O-])CCc1c(-c2ccc(F)cc2)[nH]c2ccc(F)cc12. The molecule has 0 atom stereocenters. The Kier molecular flexibility index (Phi) is 3.63. The fraction of sp³-hybridized carbons (Fsp3) is 0.118. The quantitative estimate of drug-likeness (QED) is 0.805. The summed E-state index contributed by atoms with van der Waals surface area (Å²) in [4.78, 5) is 13.9. The predicted molar refractivity (Wildman–Crippen MR) is 77.0 cm³/mol. The lowest BCUT2D eigenvalue weighted by Crippen LogP contribution is -2.22. The summed E-state index contributed by atoms with van der Waals surface area (Å²) < 4.78 is 26.6. The molecule has 0 saturated heterocycles. The molecule has 1 aromatic heterocycles. The minimum Gasteiger partial charge on any atom is -0.550 e. The molecule has 1 heterocycles. The van der Waals surface area contributed by atoms with Gasteiger partial charge >= 0.3 is 0 Å². The van der Waals surface area contributed by atoms with Crippen LogP contribution < -0.4 is 5.11 Å². The molecule has 0 radical (unpaired) electrons. The Morgan fingerprint density at radius 1 is 1.05 bits per heavy atom. The highest BCUT2D eigenvalue weighted by Gasteiger charge is 2.14.